The van der Waals surface area contributed by atoms with Crippen molar-refractivity contribution in [2.75, 3.05) is 13.7 Å². The van der Waals surface area contributed by atoms with Crippen LogP contribution in [-0.2, 0) is 14.3 Å². The normalized spacial score (nSPS) is 41.9. The van der Waals surface area contributed by atoms with E-state index in [0.717, 1.165) is 0 Å². The molecule has 0 aromatic heterocycles. The average Bonchev–Trinajstić information content (AvgIpc) is 2.84. The molecular weight excluding hydrogens is 252 g/mol. The first-order chi connectivity index (χ1) is 9.69. The maximum absolute atomic E-state index is 12.8. The highest BCUT2D eigenvalue weighted by molar-refractivity contribution is 5.94. The van der Waals surface area contributed by atoms with Crippen LogP contribution >= 0.6 is 0 Å². The quantitative estimate of drug-likeness (QED) is 0.775. The van der Waals surface area contributed by atoms with Crippen LogP contribution in [0.3, 0.4) is 0 Å². The zero-order valence-electron chi connectivity index (χ0n) is 11.7. The summed E-state index contributed by atoms with van der Waals surface area (Å²) in [5.41, 5.74) is 2.48. The van der Waals surface area contributed by atoms with E-state index in [4.69, 9.17) is 9.47 Å². The van der Waals surface area contributed by atoms with Crippen LogP contribution in [0, 0.1) is 17.8 Å². The van der Waals surface area contributed by atoms with Gasteiger partial charge in [-0.3, -0.25) is 4.79 Å². The van der Waals surface area contributed by atoms with Gasteiger partial charge in [0, 0.05) is 30.8 Å². The fourth-order valence-electron chi connectivity index (χ4n) is 4.50. The standard InChI is InChI=1S/C17H18O3/c1-10-8-12-14(11-6-4-3-5-7-11)13-9-20-17(19-2,15(10)13)16(12)18/h3-8,12-15H,9H2,1-2H3. The molecule has 1 aromatic carbocycles. The number of Topliss-reactive ketones (excluding diaryl/α,β-unsaturated/α-hetero) is 1. The number of carbonyl (C=O) groups excluding carboxylic acids is 1. The van der Waals surface area contributed by atoms with Crippen molar-refractivity contribution in [3.05, 3.63) is 47.5 Å². The van der Waals surface area contributed by atoms with Crippen LogP contribution < -0.4 is 0 Å². The van der Waals surface area contributed by atoms with Gasteiger partial charge in [-0.05, 0) is 12.5 Å². The van der Waals surface area contributed by atoms with Gasteiger partial charge in [0.1, 0.15) is 0 Å². The molecule has 1 heterocycles. The second kappa shape index (κ2) is 4.03. The van der Waals surface area contributed by atoms with Gasteiger partial charge in [-0.15, -0.1) is 0 Å². The summed E-state index contributed by atoms with van der Waals surface area (Å²) in [5.74, 6) is -0.407. The largest absolute Gasteiger partial charge is 0.346 e. The molecule has 104 valence electrons. The van der Waals surface area contributed by atoms with E-state index in [9.17, 15) is 4.79 Å². The molecule has 2 fully saturated rings. The summed E-state index contributed by atoms with van der Waals surface area (Å²) in [5, 5.41) is 0. The van der Waals surface area contributed by atoms with Crippen LogP contribution in [0.4, 0.5) is 0 Å². The third-order valence-corrected chi connectivity index (χ3v) is 5.24. The fourth-order valence-corrected chi connectivity index (χ4v) is 4.50. The maximum Gasteiger partial charge on any atom is 0.236 e. The van der Waals surface area contributed by atoms with E-state index >= 15 is 0 Å². The minimum absolute atomic E-state index is 0.0650. The van der Waals surface area contributed by atoms with Crippen LogP contribution in [0.15, 0.2) is 42.0 Å². The van der Waals surface area contributed by atoms with Crippen molar-refractivity contribution < 1.29 is 14.3 Å². The van der Waals surface area contributed by atoms with Gasteiger partial charge >= 0.3 is 0 Å². The summed E-state index contributed by atoms with van der Waals surface area (Å²) in [6.07, 6.45) is 2.13. The van der Waals surface area contributed by atoms with E-state index in [-0.39, 0.29) is 23.5 Å². The molecule has 0 N–H and O–H groups in total. The Hall–Kier alpha value is -1.45. The van der Waals surface area contributed by atoms with Gasteiger partial charge in [0.2, 0.25) is 5.79 Å². The van der Waals surface area contributed by atoms with Crippen LogP contribution in [0.1, 0.15) is 18.4 Å². The van der Waals surface area contributed by atoms with E-state index in [1.54, 1.807) is 7.11 Å². The number of hydrogen-bond donors (Lipinski definition) is 0. The SMILES string of the molecule is COC12OCC3C(c4ccccc4)C(C=C(C)C31)C2=O. The van der Waals surface area contributed by atoms with Crippen molar-refractivity contribution in [2.24, 2.45) is 17.8 Å². The van der Waals surface area contributed by atoms with Gasteiger partial charge in [-0.1, -0.05) is 42.0 Å². The smallest absolute Gasteiger partial charge is 0.236 e. The molecule has 5 atom stereocenters. The molecule has 1 aromatic rings. The Morgan fingerprint density at radius 3 is 2.75 bits per heavy atom. The van der Waals surface area contributed by atoms with Crippen LogP contribution in [-0.4, -0.2) is 25.3 Å². The van der Waals surface area contributed by atoms with Crippen molar-refractivity contribution in [1.82, 2.24) is 0 Å². The van der Waals surface area contributed by atoms with Crippen molar-refractivity contribution in [1.29, 1.82) is 0 Å². The number of ether oxygens (including phenoxy) is 2. The van der Waals surface area contributed by atoms with Crippen molar-refractivity contribution in [3.63, 3.8) is 0 Å². The van der Waals surface area contributed by atoms with E-state index in [1.807, 2.05) is 18.2 Å². The first kappa shape index (κ1) is 12.3. The Labute approximate surface area is 118 Å². The Morgan fingerprint density at radius 1 is 1.30 bits per heavy atom. The zero-order chi connectivity index (χ0) is 13.9. The van der Waals surface area contributed by atoms with Crippen molar-refractivity contribution in [2.45, 2.75) is 18.6 Å². The second-order valence-electron chi connectivity index (χ2n) is 6.06. The molecule has 0 radical (unpaired) electrons. The molecule has 3 heteroatoms. The highest BCUT2D eigenvalue weighted by atomic mass is 16.7. The topological polar surface area (TPSA) is 35.5 Å². The predicted octanol–water partition coefficient (Wildman–Crippen LogP) is 2.53. The summed E-state index contributed by atoms with van der Waals surface area (Å²) in [6.45, 7) is 2.70. The van der Waals surface area contributed by atoms with E-state index in [0.29, 0.717) is 12.5 Å². The number of allylic oxidation sites excluding steroid dienone is 1. The first-order valence-electron chi connectivity index (χ1n) is 7.15. The third kappa shape index (κ3) is 1.30. The van der Waals surface area contributed by atoms with Crippen molar-refractivity contribution >= 4 is 5.78 Å². The molecule has 4 bridgehead atoms. The fraction of sp³-hybridized carbons (Fsp3) is 0.471. The molecule has 1 saturated heterocycles. The molecule has 3 aliphatic carbocycles. The highest BCUT2D eigenvalue weighted by Gasteiger charge is 2.67. The van der Waals surface area contributed by atoms with Gasteiger partial charge in [0.15, 0.2) is 5.78 Å². The van der Waals surface area contributed by atoms with E-state index < -0.39 is 5.79 Å². The molecule has 3 nitrogen and oxygen atoms in total. The zero-order valence-corrected chi connectivity index (χ0v) is 11.7. The molecule has 5 unspecified atom stereocenters. The molecule has 20 heavy (non-hydrogen) atoms. The van der Waals surface area contributed by atoms with Crippen LogP contribution in [0.25, 0.3) is 0 Å². The Kier molecular flexibility index (Phi) is 2.48. The minimum atomic E-state index is -1.01. The van der Waals surface area contributed by atoms with Crippen LogP contribution in [0.2, 0.25) is 0 Å². The lowest BCUT2D eigenvalue weighted by Crippen LogP contribution is -2.58. The number of rotatable bonds is 2. The lowest BCUT2D eigenvalue weighted by molar-refractivity contribution is -0.217. The summed E-state index contributed by atoms with van der Waals surface area (Å²) in [4.78, 5) is 12.8. The average molecular weight is 270 g/mol. The van der Waals surface area contributed by atoms with Gasteiger partial charge in [-0.25, -0.2) is 0 Å². The third-order valence-electron chi connectivity index (χ3n) is 5.24. The number of carbonyl (C=O) groups is 1. The van der Waals surface area contributed by atoms with Crippen molar-refractivity contribution in [3.8, 4) is 0 Å². The van der Waals surface area contributed by atoms with Crippen LogP contribution in [0.5, 0.6) is 0 Å². The molecule has 5 rings (SSSR count). The number of benzene rings is 1. The molecule has 1 aliphatic heterocycles. The lowest BCUT2D eigenvalue weighted by atomic mass is 9.56. The van der Waals surface area contributed by atoms with Gasteiger partial charge < -0.3 is 9.47 Å². The molecule has 0 amide bonds. The van der Waals surface area contributed by atoms with E-state index in [1.165, 1.54) is 11.1 Å². The summed E-state index contributed by atoms with van der Waals surface area (Å²) < 4.78 is 11.4. The summed E-state index contributed by atoms with van der Waals surface area (Å²) in [7, 11) is 1.59. The lowest BCUT2D eigenvalue weighted by Gasteiger charge is -2.48. The van der Waals surface area contributed by atoms with E-state index in [2.05, 4.69) is 25.1 Å². The Morgan fingerprint density at radius 2 is 2.05 bits per heavy atom. The second-order valence-corrected chi connectivity index (χ2v) is 6.06. The molecular formula is C17H18O3. The predicted molar refractivity (Wildman–Crippen MR) is 74.1 cm³/mol. The first-order valence-corrected chi connectivity index (χ1v) is 7.15. The van der Waals surface area contributed by atoms with Gasteiger partial charge in [0.05, 0.1) is 6.61 Å². The highest BCUT2D eigenvalue weighted by Crippen LogP contribution is 2.60. The number of methoxy groups -OCH3 is 1. The van der Waals surface area contributed by atoms with Gasteiger partial charge in [0.25, 0.3) is 0 Å². The minimum Gasteiger partial charge on any atom is -0.346 e. The molecule has 0 spiro atoms. The maximum atomic E-state index is 12.8. The number of hydrogen-bond acceptors (Lipinski definition) is 3. The summed E-state index contributed by atoms with van der Waals surface area (Å²) in [6, 6.07) is 10.3. The van der Waals surface area contributed by atoms with Gasteiger partial charge in [-0.2, -0.15) is 0 Å². The molecule has 4 aliphatic rings. The molecule has 1 saturated carbocycles. The summed E-state index contributed by atoms with van der Waals surface area (Å²) >= 11 is 0. The Bertz CT molecular complexity index is 592. The monoisotopic (exact) mass is 270 g/mol. The number of ketones is 1. The Balaban J connectivity index is 1.87.